The molecule has 0 nitrogen and oxygen atoms in total. The number of hydrogen-bond donors (Lipinski definition) is 0. The second kappa shape index (κ2) is 3.32. The third kappa shape index (κ3) is 1.54. The smallest absolute Gasteiger partial charge is 0.0412 e. The van der Waals surface area contributed by atoms with E-state index in [1.54, 1.807) is 0 Å². The van der Waals surface area contributed by atoms with Crippen molar-refractivity contribution in [3.63, 3.8) is 0 Å². The van der Waals surface area contributed by atoms with Crippen LogP contribution in [-0.4, -0.2) is 0 Å². The van der Waals surface area contributed by atoms with Gasteiger partial charge in [-0.3, -0.25) is 0 Å². The summed E-state index contributed by atoms with van der Waals surface area (Å²) in [7, 11) is 0. The van der Waals surface area contributed by atoms with E-state index in [1.807, 2.05) is 18.2 Å². The molecule has 2 rings (SSSR count). The van der Waals surface area contributed by atoms with Gasteiger partial charge in [-0.05, 0) is 42.5 Å². The van der Waals surface area contributed by atoms with Gasteiger partial charge in [0.05, 0.1) is 0 Å². The lowest BCUT2D eigenvalue weighted by Crippen LogP contribution is -1.79. The molecule has 0 saturated carbocycles. The molecule has 1 aliphatic carbocycles. The molecule has 1 aliphatic rings. The molecule has 0 radical (unpaired) electrons. The Balaban J connectivity index is 2.33. The van der Waals surface area contributed by atoms with Crippen molar-refractivity contribution in [1.82, 2.24) is 0 Å². The molecule has 0 spiro atoms. The number of halogens is 1. The molecule has 0 N–H and O–H groups in total. The minimum Gasteiger partial charge on any atom is -0.0843 e. The van der Waals surface area contributed by atoms with Crippen molar-refractivity contribution in [2.45, 2.75) is 19.3 Å². The van der Waals surface area contributed by atoms with Gasteiger partial charge in [-0.1, -0.05) is 29.8 Å². The molecule has 12 heavy (non-hydrogen) atoms. The molecule has 1 aromatic carbocycles. The lowest BCUT2D eigenvalue weighted by atomic mass is 10.1. The predicted molar refractivity (Wildman–Crippen MR) is 53.3 cm³/mol. The van der Waals surface area contributed by atoms with Crippen LogP contribution in [0.2, 0.25) is 5.02 Å². The van der Waals surface area contributed by atoms with Crippen LogP contribution in [0.3, 0.4) is 0 Å². The summed E-state index contributed by atoms with van der Waals surface area (Å²) >= 11 is 5.90. The standard InChI is InChI=1S/C11H11Cl/c12-11-7-3-6-10(8-11)9-4-1-2-5-9/h3-4,6-8H,1-2,5H2. The summed E-state index contributed by atoms with van der Waals surface area (Å²) in [6.07, 6.45) is 6.04. The Kier molecular flexibility index (Phi) is 2.18. The first-order chi connectivity index (χ1) is 5.86. The van der Waals surface area contributed by atoms with Gasteiger partial charge in [-0.15, -0.1) is 0 Å². The van der Waals surface area contributed by atoms with Crippen molar-refractivity contribution >= 4 is 17.2 Å². The van der Waals surface area contributed by atoms with Crippen LogP contribution in [0.25, 0.3) is 5.57 Å². The first-order valence-electron chi connectivity index (χ1n) is 4.31. The Morgan fingerprint density at radius 3 is 2.83 bits per heavy atom. The Labute approximate surface area is 77.9 Å². The summed E-state index contributed by atoms with van der Waals surface area (Å²) in [6.45, 7) is 0. The number of hydrogen-bond acceptors (Lipinski definition) is 0. The summed E-state index contributed by atoms with van der Waals surface area (Å²) < 4.78 is 0. The summed E-state index contributed by atoms with van der Waals surface area (Å²) in [4.78, 5) is 0. The van der Waals surface area contributed by atoms with Gasteiger partial charge in [-0.25, -0.2) is 0 Å². The van der Waals surface area contributed by atoms with Crippen LogP contribution in [0, 0.1) is 0 Å². The van der Waals surface area contributed by atoms with E-state index in [0.717, 1.165) is 5.02 Å². The van der Waals surface area contributed by atoms with Crippen molar-refractivity contribution in [1.29, 1.82) is 0 Å². The van der Waals surface area contributed by atoms with Crippen molar-refractivity contribution in [2.24, 2.45) is 0 Å². The van der Waals surface area contributed by atoms with Gasteiger partial charge in [0.15, 0.2) is 0 Å². The molecule has 0 unspecified atom stereocenters. The lowest BCUT2D eigenvalue weighted by molar-refractivity contribution is 0.935. The molecule has 1 heteroatoms. The van der Waals surface area contributed by atoms with Gasteiger partial charge < -0.3 is 0 Å². The predicted octanol–water partition coefficient (Wildman–Crippen LogP) is 3.91. The van der Waals surface area contributed by atoms with E-state index in [4.69, 9.17) is 11.6 Å². The van der Waals surface area contributed by atoms with E-state index < -0.39 is 0 Å². The molecule has 0 saturated heterocycles. The zero-order valence-corrected chi connectivity index (χ0v) is 7.64. The maximum atomic E-state index is 5.90. The highest BCUT2D eigenvalue weighted by Gasteiger charge is 2.06. The maximum absolute atomic E-state index is 5.90. The summed E-state index contributed by atoms with van der Waals surface area (Å²) in [5.41, 5.74) is 2.75. The second-order valence-electron chi connectivity index (χ2n) is 3.13. The maximum Gasteiger partial charge on any atom is 0.0412 e. The molecule has 0 bridgehead atoms. The van der Waals surface area contributed by atoms with Crippen LogP contribution in [-0.2, 0) is 0 Å². The minimum atomic E-state index is 0.834. The minimum absolute atomic E-state index is 0.834. The SMILES string of the molecule is Clc1cccc(C2=CCCC2)c1. The first kappa shape index (κ1) is 7.88. The number of allylic oxidation sites excluding steroid dienone is 2. The molecule has 0 aliphatic heterocycles. The fraction of sp³-hybridized carbons (Fsp3) is 0.273. The number of rotatable bonds is 1. The third-order valence-corrected chi connectivity index (χ3v) is 2.47. The average Bonchev–Trinajstić information content (AvgIpc) is 2.56. The largest absolute Gasteiger partial charge is 0.0843 e. The fourth-order valence-corrected chi connectivity index (χ4v) is 1.81. The van der Waals surface area contributed by atoms with E-state index in [-0.39, 0.29) is 0 Å². The van der Waals surface area contributed by atoms with E-state index in [1.165, 1.54) is 30.4 Å². The van der Waals surface area contributed by atoms with Crippen molar-refractivity contribution in [3.05, 3.63) is 40.9 Å². The van der Waals surface area contributed by atoms with Gasteiger partial charge in [0.2, 0.25) is 0 Å². The Hall–Kier alpha value is -0.750. The van der Waals surface area contributed by atoms with Gasteiger partial charge in [0.1, 0.15) is 0 Å². The monoisotopic (exact) mass is 178 g/mol. The Morgan fingerprint density at radius 1 is 1.25 bits per heavy atom. The van der Waals surface area contributed by atoms with Crippen LogP contribution in [0.15, 0.2) is 30.3 Å². The highest BCUT2D eigenvalue weighted by molar-refractivity contribution is 6.30. The third-order valence-electron chi connectivity index (χ3n) is 2.24. The quantitative estimate of drug-likeness (QED) is 0.612. The van der Waals surface area contributed by atoms with Crippen molar-refractivity contribution in [2.75, 3.05) is 0 Å². The van der Waals surface area contributed by atoms with Crippen LogP contribution in [0.5, 0.6) is 0 Å². The normalized spacial score (nSPS) is 16.2. The second-order valence-corrected chi connectivity index (χ2v) is 3.57. The Bertz CT molecular complexity index is 313. The highest BCUT2D eigenvalue weighted by Crippen LogP contribution is 2.28. The molecule has 0 heterocycles. The molecule has 62 valence electrons. The first-order valence-corrected chi connectivity index (χ1v) is 4.69. The van der Waals surface area contributed by atoms with E-state index >= 15 is 0 Å². The molecule has 0 atom stereocenters. The average molecular weight is 179 g/mol. The zero-order valence-electron chi connectivity index (χ0n) is 6.89. The molecular weight excluding hydrogens is 168 g/mol. The van der Waals surface area contributed by atoms with Gasteiger partial charge in [0.25, 0.3) is 0 Å². The number of benzene rings is 1. The topological polar surface area (TPSA) is 0 Å². The van der Waals surface area contributed by atoms with Crippen molar-refractivity contribution < 1.29 is 0 Å². The summed E-state index contributed by atoms with van der Waals surface area (Å²) in [5.74, 6) is 0. The summed E-state index contributed by atoms with van der Waals surface area (Å²) in [5, 5.41) is 0.834. The van der Waals surface area contributed by atoms with Crippen LogP contribution in [0.4, 0.5) is 0 Å². The Morgan fingerprint density at radius 2 is 2.17 bits per heavy atom. The van der Waals surface area contributed by atoms with Gasteiger partial charge in [-0.2, -0.15) is 0 Å². The molecule has 1 aromatic rings. The molecule has 0 amide bonds. The van der Waals surface area contributed by atoms with E-state index in [0.29, 0.717) is 0 Å². The molecule has 0 fully saturated rings. The van der Waals surface area contributed by atoms with Gasteiger partial charge >= 0.3 is 0 Å². The van der Waals surface area contributed by atoms with Gasteiger partial charge in [0, 0.05) is 5.02 Å². The molecule has 0 aromatic heterocycles. The van der Waals surface area contributed by atoms with Crippen LogP contribution in [0.1, 0.15) is 24.8 Å². The molecular formula is C11H11Cl. The van der Waals surface area contributed by atoms with Crippen molar-refractivity contribution in [3.8, 4) is 0 Å². The fourth-order valence-electron chi connectivity index (χ4n) is 1.62. The van der Waals surface area contributed by atoms with E-state index in [2.05, 4.69) is 12.1 Å². The zero-order chi connectivity index (χ0) is 8.39. The highest BCUT2D eigenvalue weighted by atomic mass is 35.5. The van der Waals surface area contributed by atoms with Crippen LogP contribution < -0.4 is 0 Å². The van der Waals surface area contributed by atoms with Crippen LogP contribution >= 0.6 is 11.6 Å². The van der Waals surface area contributed by atoms with E-state index in [9.17, 15) is 0 Å². The summed E-state index contributed by atoms with van der Waals surface area (Å²) in [6, 6.07) is 8.10. The lowest BCUT2D eigenvalue weighted by Gasteiger charge is -2.01.